The van der Waals surface area contributed by atoms with E-state index in [9.17, 15) is 0 Å². The Bertz CT molecular complexity index is 327. The number of amides is 2. The monoisotopic (exact) mass is 176 g/mol. The molecule has 4 N–H and O–H groups in total. The molecule has 2 amide bonds. The van der Waals surface area contributed by atoms with Crippen molar-refractivity contribution in [3.63, 3.8) is 0 Å². The zero-order chi connectivity index (χ0) is 9.68. The highest BCUT2D eigenvalue weighted by atomic mass is 16.2. The maximum absolute atomic E-state index is 9.00. The van der Waals surface area contributed by atoms with Crippen molar-refractivity contribution in [3.05, 3.63) is 41.5 Å². The van der Waals surface area contributed by atoms with Crippen LogP contribution in [0.4, 0.5) is 4.79 Å². The lowest BCUT2D eigenvalue weighted by Crippen LogP contribution is -2.18. The van der Waals surface area contributed by atoms with Gasteiger partial charge in [-0.25, -0.2) is 4.79 Å². The molecule has 0 atom stereocenters. The molecule has 1 aromatic carbocycles. The number of hydrogen-bond acceptors (Lipinski definition) is 1. The van der Waals surface area contributed by atoms with Crippen LogP contribution in [0.15, 0.2) is 30.3 Å². The van der Waals surface area contributed by atoms with E-state index in [0.29, 0.717) is 0 Å². The Morgan fingerprint density at radius 2 is 1.85 bits per heavy atom. The topological polar surface area (TPSA) is 69.1 Å². The number of benzene rings is 1. The van der Waals surface area contributed by atoms with E-state index in [2.05, 4.69) is 47.9 Å². The molecule has 0 radical (unpaired) electrons. The maximum atomic E-state index is 9.00. The fourth-order valence-electron chi connectivity index (χ4n) is 1.20. The summed E-state index contributed by atoms with van der Waals surface area (Å²) in [6.07, 6.45) is 5.50. The van der Waals surface area contributed by atoms with E-state index in [1.807, 2.05) is 0 Å². The predicted molar refractivity (Wildman–Crippen MR) is 53.0 cm³/mol. The van der Waals surface area contributed by atoms with Crippen molar-refractivity contribution < 1.29 is 4.79 Å². The Morgan fingerprint density at radius 1 is 1.23 bits per heavy atom. The van der Waals surface area contributed by atoms with Gasteiger partial charge in [-0.1, -0.05) is 36.4 Å². The molecule has 2 rings (SSSR count). The predicted octanol–water partition coefficient (Wildman–Crippen LogP) is 1.28. The lowest BCUT2D eigenvalue weighted by Gasteiger charge is -1.93. The third-order valence-electron chi connectivity index (χ3n) is 1.69. The van der Waals surface area contributed by atoms with Crippen LogP contribution in [0.3, 0.4) is 0 Å². The second kappa shape index (κ2) is 4.30. The average molecular weight is 176 g/mol. The van der Waals surface area contributed by atoms with Crippen LogP contribution < -0.4 is 11.5 Å². The first kappa shape index (κ1) is 9.32. The molecule has 3 nitrogen and oxygen atoms in total. The molecular formula is C10H12N2O. The van der Waals surface area contributed by atoms with Crippen molar-refractivity contribution in [2.45, 2.75) is 6.42 Å². The van der Waals surface area contributed by atoms with Gasteiger partial charge in [-0.3, -0.25) is 0 Å². The smallest absolute Gasteiger partial charge is 0.309 e. The van der Waals surface area contributed by atoms with Crippen molar-refractivity contribution in [1.29, 1.82) is 0 Å². The van der Waals surface area contributed by atoms with Crippen molar-refractivity contribution >= 4 is 12.1 Å². The van der Waals surface area contributed by atoms with Crippen molar-refractivity contribution in [1.82, 2.24) is 0 Å². The highest BCUT2D eigenvalue weighted by Gasteiger charge is 2.00. The summed E-state index contributed by atoms with van der Waals surface area (Å²) in [7, 11) is 0. The first-order chi connectivity index (χ1) is 6.20. The zero-order valence-electron chi connectivity index (χ0n) is 7.23. The number of carbonyl (C=O) groups is 1. The molecule has 0 spiro atoms. The van der Waals surface area contributed by atoms with Crippen LogP contribution in [0.5, 0.6) is 0 Å². The van der Waals surface area contributed by atoms with Crippen LogP contribution in [0.25, 0.3) is 6.08 Å². The molecule has 0 saturated heterocycles. The Morgan fingerprint density at radius 3 is 2.46 bits per heavy atom. The van der Waals surface area contributed by atoms with Gasteiger partial charge >= 0.3 is 6.03 Å². The summed E-state index contributed by atoms with van der Waals surface area (Å²) in [5.74, 6) is 0. The van der Waals surface area contributed by atoms with Gasteiger partial charge in [0, 0.05) is 0 Å². The highest BCUT2D eigenvalue weighted by Crippen LogP contribution is 2.17. The first-order valence-electron chi connectivity index (χ1n) is 3.99. The lowest BCUT2D eigenvalue weighted by atomic mass is 10.1. The number of rotatable bonds is 0. The fraction of sp³-hybridized carbons (Fsp3) is 0.100. The molecule has 1 aliphatic carbocycles. The van der Waals surface area contributed by atoms with Crippen molar-refractivity contribution in [3.8, 4) is 0 Å². The van der Waals surface area contributed by atoms with E-state index in [1.165, 1.54) is 11.1 Å². The normalized spacial score (nSPS) is 11.4. The molecule has 13 heavy (non-hydrogen) atoms. The van der Waals surface area contributed by atoms with E-state index in [-0.39, 0.29) is 0 Å². The van der Waals surface area contributed by atoms with E-state index in [4.69, 9.17) is 4.79 Å². The van der Waals surface area contributed by atoms with Gasteiger partial charge in [-0.2, -0.15) is 0 Å². The third-order valence-corrected chi connectivity index (χ3v) is 1.69. The van der Waals surface area contributed by atoms with E-state index in [0.717, 1.165) is 6.42 Å². The van der Waals surface area contributed by atoms with Gasteiger partial charge in [0.2, 0.25) is 0 Å². The van der Waals surface area contributed by atoms with Crippen LogP contribution in [0.1, 0.15) is 11.1 Å². The van der Waals surface area contributed by atoms with Gasteiger partial charge < -0.3 is 11.5 Å². The minimum atomic E-state index is -0.833. The van der Waals surface area contributed by atoms with Gasteiger partial charge in [0.1, 0.15) is 0 Å². The third kappa shape index (κ3) is 2.99. The van der Waals surface area contributed by atoms with Crippen LogP contribution in [-0.4, -0.2) is 6.03 Å². The summed E-state index contributed by atoms with van der Waals surface area (Å²) >= 11 is 0. The quantitative estimate of drug-likeness (QED) is 0.614. The molecule has 1 aliphatic rings. The number of allylic oxidation sites excluding steroid dienone is 1. The molecule has 0 fully saturated rings. The van der Waals surface area contributed by atoms with Gasteiger partial charge in [-0.05, 0) is 17.5 Å². The van der Waals surface area contributed by atoms with Crippen LogP contribution in [0.2, 0.25) is 0 Å². The summed E-state index contributed by atoms with van der Waals surface area (Å²) in [4.78, 5) is 9.00. The summed E-state index contributed by atoms with van der Waals surface area (Å²) in [6, 6.07) is 7.66. The lowest BCUT2D eigenvalue weighted by molar-refractivity contribution is 0.256. The summed E-state index contributed by atoms with van der Waals surface area (Å²) in [6.45, 7) is 0. The Kier molecular flexibility index (Phi) is 3.09. The molecule has 68 valence electrons. The van der Waals surface area contributed by atoms with Crippen molar-refractivity contribution in [2.75, 3.05) is 0 Å². The van der Waals surface area contributed by atoms with Crippen LogP contribution in [-0.2, 0) is 6.42 Å². The molecule has 0 aliphatic heterocycles. The number of urea groups is 1. The first-order valence-corrected chi connectivity index (χ1v) is 3.99. The number of fused-ring (bicyclic) bond motifs is 1. The highest BCUT2D eigenvalue weighted by molar-refractivity contribution is 5.69. The molecule has 3 heteroatoms. The average Bonchev–Trinajstić information content (AvgIpc) is 2.49. The Balaban J connectivity index is 0.000000184. The van der Waals surface area contributed by atoms with Gasteiger partial charge in [0.15, 0.2) is 0 Å². The van der Waals surface area contributed by atoms with E-state index >= 15 is 0 Å². The molecule has 0 bridgehead atoms. The Hall–Kier alpha value is -1.77. The maximum Gasteiger partial charge on any atom is 0.309 e. The summed E-state index contributed by atoms with van der Waals surface area (Å²) < 4.78 is 0. The standard InChI is InChI=1S/C9H8.CH4N2O/c1-2-5-9-7-3-6-8(9)4-1;2-1(3)4/h1-6H,7H2;(H4,2,3,4). The number of hydrogen-bond donors (Lipinski definition) is 2. The minimum absolute atomic E-state index is 0.833. The number of primary amides is 2. The van der Waals surface area contributed by atoms with E-state index < -0.39 is 6.03 Å². The van der Waals surface area contributed by atoms with E-state index in [1.54, 1.807) is 0 Å². The van der Waals surface area contributed by atoms with Gasteiger partial charge in [0.05, 0.1) is 0 Å². The molecule has 0 unspecified atom stereocenters. The minimum Gasteiger partial charge on any atom is -0.352 e. The second-order valence-corrected chi connectivity index (χ2v) is 2.71. The molecule has 1 aromatic rings. The number of nitrogens with two attached hydrogens (primary N) is 2. The molecular weight excluding hydrogens is 164 g/mol. The SMILES string of the molecule is C1=Cc2ccccc2C1.NC(N)=O. The van der Waals surface area contributed by atoms with Crippen LogP contribution >= 0.6 is 0 Å². The summed E-state index contributed by atoms with van der Waals surface area (Å²) in [5.41, 5.74) is 11.3. The Labute approximate surface area is 77.0 Å². The number of carbonyl (C=O) groups excluding carboxylic acids is 1. The molecule has 0 saturated carbocycles. The zero-order valence-corrected chi connectivity index (χ0v) is 7.23. The summed E-state index contributed by atoms with van der Waals surface area (Å²) in [5, 5.41) is 0. The van der Waals surface area contributed by atoms with Crippen LogP contribution in [0, 0.1) is 0 Å². The molecule has 0 aromatic heterocycles. The molecule has 0 heterocycles. The fourth-order valence-corrected chi connectivity index (χ4v) is 1.20. The van der Waals surface area contributed by atoms with Crippen molar-refractivity contribution in [2.24, 2.45) is 11.5 Å². The van der Waals surface area contributed by atoms with Gasteiger partial charge in [0.25, 0.3) is 0 Å². The largest absolute Gasteiger partial charge is 0.352 e. The second-order valence-electron chi connectivity index (χ2n) is 2.71. The van der Waals surface area contributed by atoms with Gasteiger partial charge in [-0.15, -0.1) is 0 Å².